The highest BCUT2D eigenvalue weighted by Crippen LogP contribution is 2.24. The molecule has 2 heterocycles. The van der Waals surface area contributed by atoms with E-state index in [1.165, 1.54) is 0 Å². The summed E-state index contributed by atoms with van der Waals surface area (Å²) in [7, 11) is 0. The zero-order valence-corrected chi connectivity index (χ0v) is 13.2. The summed E-state index contributed by atoms with van der Waals surface area (Å²) in [6.07, 6.45) is 5.56. The van der Waals surface area contributed by atoms with Gasteiger partial charge in [-0.15, -0.1) is 0 Å². The van der Waals surface area contributed by atoms with Crippen LogP contribution in [-0.2, 0) is 0 Å². The Kier molecular flexibility index (Phi) is 4.07. The van der Waals surface area contributed by atoms with E-state index in [0.29, 0.717) is 5.57 Å². The van der Waals surface area contributed by atoms with Gasteiger partial charge in [-0.3, -0.25) is 4.98 Å². The molecule has 0 bridgehead atoms. The quantitative estimate of drug-likeness (QED) is 0.666. The zero-order chi connectivity index (χ0) is 16.2. The molecule has 0 N–H and O–H groups in total. The molecule has 0 amide bonds. The molecule has 3 aromatic rings. The second kappa shape index (κ2) is 6.33. The van der Waals surface area contributed by atoms with E-state index in [4.69, 9.17) is 0 Å². The fraction of sp³-hybridized carbons (Fsp3) is 0.100. The van der Waals surface area contributed by atoms with E-state index in [1.54, 1.807) is 6.20 Å². The number of rotatable bonds is 3. The molecule has 0 saturated heterocycles. The van der Waals surface area contributed by atoms with Gasteiger partial charge in [0.2, 0.25) is 0 Å². The third kappa shape index (κ3) is 2.93. The highest BCUT2D eigenvalue weighted by molar-refractivity contribution is 5.90. The van der Waals surface area contributed by atoms with Crippen LogP contribution in [0.15, 0.2) is 60.9 Å². The minimum Gasteiger partial charge on any atom is -0.316 e. The lowest BCUT2D eigenvalue weighted by Gasteiger charge is -2.08. The Hall–Kier alpha value is -3.12. The van der Waals surface area contributed by atoms with Crippen molar-refractivity contribution >= 4 is 11.6 Å². The maximum Gasteiger partial charge on any atom is 0.0998 e. The second-order valence-electron chi connectivity index (χ2n) is 5.41. The molecule has 0 aliphatic heterocycles. The Morgan fingerprint density at radius 3 is 2.57 bits per heavy atom. The van der Waals surface area contributed by atoms with E-state index in [9.17, 15) is 5.26 Å². The monoisotopic (exact) mass is 299 g/mol. The summed E-state index contributed by atoms with van der Waals surface area (Å²) in [4.78, 5) is 4.19. The molecule has 3 heteroatoms. The van der Waals surface area contributed by atoms with Crippen LogP contribution in [-0.4, -0.2) is 9.55 Å². The van der Waals surface area contributed by atoms with Gasteiger partial charge in [-0.1, -0.05) is 30.3 Å². The average molecular weight is 299 g/mol. The largest absolute Gasteiger partial charge is 0.316 e. The van der Waals surface area contributed by atoms with Crippen LogP contribution in [0, 0.1) is 25.2 Å². The summed E-state index contributed by atoms with van der Waals surface area (Å²) in [5.41, 5.74) is 5.89. The van der Waals surface area contributed by atoms with Gasteiger partial charge < -0.3 is 4.57 Å². The summed E-state index contributed by atoms with van der Waals surface area (Å²) < 4.78 is 2.15. The van der Waals surface area contributed by atoms with Crippen LogP contribution < -0.4 is 0 Å². The van der Waals surface area contributed by atoms with Crippen molar-refractivity contribution in [2.75, 3.05) is 0 Å². The normalized spacial score (nSPS) is 11.3. The van der Waals surface area contributed by atoms with Gasteiger partial charge in [-0.2, -0.15) is 5.26 Å². The molecule has 0 saturated carbocycles. The van der Waals surface area contributed by atoms with Gasteiger partial charge in [0.05, 0.1) is 23.5 Å². The third-order valence-electron chi connectivity index (χ3n) is 3.88. The number of allylic oxidation sites excluding steroid dienone is 1. The Bertz CT molecular complexity index is 882. The van der Waals surface area contributed by atoms with Gasteiger partial charge in [-0.25, -0.2) is 0 Å². The number of benzene rings is 1. The van der Waals surface area contributed by atoms with E-state index in [0.717, 1.165) is 28.2 Å². The Morgan fingerprint density at radius 2 is 1.91 bits per heavy atom. The maximum absolute atomic E-state index is 9.49. The van der Waals surface area contributed by atoms with Crippen LogP contribution in [0.2, 0.25) is 0 Å². The van der Waals surface area contributed by atoms with Crippen molar-refractivity contribution in [3.63, 3.8) is 0 Å². The molecule has 23 heavy (non-hydrogen) atoms. The van der Waals surface area contributed by atoms with E-state index < -0.39 is 0 Å². The van der Waals surface area contributed by atoms with Crippen LogP contribution in [0.3, 0.4) is 0 Å². The lowest BCUT2D eigenvalue weighted by molar-refractivity contribution is 0.954. The molecule has 1 aromatic carbocycles. The average Bonchev–Trinajstić information content (AvgIpc) is 2.88. The van der Waals surface area contributed by atoms with Gasteiger partial charge in [0.25, 0.3) is 0 Å². The summed E-state index contributed by atoms with van der Waals surface area (Å²) in [5.74, 6) is 0. The highest BCUT2D eigenvalue weighted by atomic mass is 15.0. The molecular formula is C20H17N3. The predicted octanol–water partition coefficient (Wildman–Crippen LogP) is 4.55. The van der Waals surface area contributed by atoms with Crippen molar-refractivity contribution in [2.24, 2.45) is 0 Å². The number of aromatic nitrogens is 2. The van der Waals surface area contributed by atoms with E-state index >= 15 is 0 Å². The minimum absolute atomic E-state index is 0.664. The van der Waals surface area contributed by atoms with Crippen molar-refractivity contribution in [2.45, 2.75) is 13.8 Å². The van der Waals surface area contributed by atoms with Crippen molar-refractivity contribution in [3.8, 4) is 11.8 Å². The zero-order valence-electron chi connectivity index (χ0n) is 13.2. The van der Waals surface area contributed by atoms with E-state index in [2.05, 4.69) is 35.5 Å². The van der Waals surface area contributed by atoms with Crippen molar-refractivity contribution in [1.29, 1.82) is 5.26 Å². The van der Waals surface area contributed by atoms with Crippen LogP contribution in [0.25, 0.3) is 17.3 Å². The highest BCUT2D eigenvalue weighted by Gasteiger charge is 2.10. The molecule has 3 nitrogen and oxygen atoms in total. The van der Waals surface area contributed by atoms with Crippen molar-refractivity contribution in [3.05, 3.63) is 83.4 Å². The summed E-state index contributed by atoms with van der Waals surface area (Å²) >= 11 is 0. The van der Waals surface area contributed by atoms with Crippen LogP contribution in [0.5, 0.6) is 0 Å². The molecular weight excluding hydrogens is 282 g/mol. The second-order valence-corrected chi connectivity index (χ2v) is 5.41. The molecule has 112 valence electrons. The van der Waals surface area contributed by atoms with Crippen LogP contribution in [0.1, 0.15) is 22.5 Å². The summed E-state index contributed by atoms with van der Waals surface area (Å²) in [6, 6.07) is 18.1. The summed E-state index contributed by atoms with van der Waals surface area (Å²) in [5, 5.41) is 9.49. The van der Waals surface area contributed by atoms with Crippen LogP contribution in [0.4, 0.5) is 0 Å². The molecule has 0 spiro atoms. The lowest BCUT2D eigenvalue weighted by atomic mass is 10.0. The first-order chi connectivity index (χ1) is 11.2. The number of hydrogen-bond acceptors (Lipinski definition) is 2. The van der Waals surface area contributed by atoms with Crippen molar-refractivity contribution in [1.82, 2.24) is 9.55 Å². The van der Waals surface area contributed by atoms with Gasteiger partial charge in [0.15, 0.2) is 0 Å². The van der Waals surface area contributed by atoms with Gasteiger partial charge in [0.1, 0.15) is 0 Å². The standard InChI is InChI=1S/C20H17N3/c1-15-11-18(12-19(13-21)17-7-4-3-5-8-17)16(2)23(15)20-9-6-10-22-14-20/h3-12,14H,1-2H3/b19-12-. The first kappa shape index (κ1) is 14.8. The first-order valence-corrected chi connectivity index (χ1v) is 7.47. The fourth-order valence-electron chi connectivity index (χ4n) is 2.77. The van der Waals surface area contributed by atoms with E-state index in [1.807, 2.05) is 54.7 Å². The fourth-order valence-corrected chi connectivity index (χ4v) is 2.77. The Morgan fingerprint density at radius 1 is 1.13 bits per heavy atom. The molecule has 0 atom stereocenters. The number of pyridine rings is 1. The smallest absolute Gasteiger partial charge is 0.0998 e. The molecule has 2 aromatic heterocycles. The van der Waals surface area contributed by atoms with Gasteiger partial charge in [0, 0.05) is 17.6 Å². The number of aryl methyl sites for hydroxylation is 1. The molecule has 0 unspecified atom stereocenters. The predicted molar refractivity (Wildman–Crippen MR) is 93.0 cm³/mol. The molecule has 0 fully saturated rings. The Balaban J connectivity index is 2.09. The summed E-state index contributed by atoms with van der Waals surface area (Å²) in [6.45, 7) is 4.12. The molecule has 0 aliphatic carbocycles. The lowest BCUT2D eigenvalue weighted by Crippen LogP contribution is -1.99. The van der Waals surface area contributed by atoms with Crippen LogP contribution >= 0.6 is 0 Å². The number of nitrogens with zero attached hydrogens (tertiary/aromatic N) is 3. The van der Waals surface area contributed by atoms with Gasteiger partial charge in [-0.05, 0) is 49.2 Å². The Labute approximate surface area is 136 Å². The number of nitriles is 1. The van der Waals surface area contributed by atoms with E-state index in [-0.39, 0.29) is 0 Å². The molecule has 0 radical (unpaired) electrons. The molecule has 3 rings (SSSR count). The topological polar surface area (TPSA) is 41.6 Å². The number of hydrogen-bond donors (Lipinski definition) is 0. The minimum atomic E-state index is 0.664. The van der Waals surface area contributed by atoms with Gasteiger partial charge >= 0.3 is 0 Å². The SMILES string of the molecule is Cc1cc(/C=C(/C#N)c2ccccc2)c(C)n1-c1cccnc1. The first-order valence-electron chi connectivity index (χ1n) is 7.47. The maximum atomic E-state index is 9.49. The van der Waals surface area contributed by atoms with Crippen molar-refractivity contribution < 1.29 is 0 Å². The molecule has 0 aliphatic rings. The third-order valence-corrected chi connectivity index (χ3v) is 3.88.